The highest BCUT2D eigenvalue weighted by atomic mass is 16.3. The summed E-state index contributed by atoms with van der Waals surface area (Å²) in [5, 5.41) is 19.4. The predicted octanol–water partition coefficient (Wildman–Crippen LogP) is 1.70. The lowest BCUT2D eigenvalue weighted by molar-refractivity contribution is 0.0306. The average molecular weight is 318 g/mol. The molecule has 1 heterocycles. The van der Waals surface area contributed by atoms with Gasteiger partial charge in [0.15, 0.2) is 0 Å². The largest absolute Gasteiger partial charge is 0.508 e. The Hall–Kier alpha value is -1.59. The highest BCUT2D eigenvalue weighted by Gasteiger charge is 2.28. The van der Waals surface area contributed by atoms with Crippen molar-refractivity contribution in [2.75, 3.05) is 32.7 Å². The van der Waals surface area contributed by atoms with Crippen molar-refractivity contribution in [3.63, 3.8) is 0 Å². The summed E-state index contributed by atoms with van der Waals surface area (Å²) in [7, 11) is 0. The van der Waals surface area contributed by atoms with Gasteiger partial charge in [0.25, 0.3) is 5.91 Å². The fourth-order valence-electron chi connectivity index (χ4n) is 3.65. The number of rotatable bonds is 3. The normalized spacial score (nSPS) is 26.2. The van der Waals surface area contributed by atoms with Crippen LogP contribution in [0.5, 0.6) is 5.75 Å². The standard InChI is InChI=1S/C18H26N2O3/c21-16-7-5-14(6-8-16)18(23)20-11-9-19(10-12-20)13-15-3-1-2-4-17(15)22/h5-8,15,17,21-22H,1-4,9-13H2/t15-,17+/m1/s1. The first-order valence-corrected chi connectivity index (χ1v) is 8.62. The van der Waals surface area contributed by atoms with Crippen LogP contribution in [0.3, 0.4) is 0 Å². The second-order valence-electron chi connectivity index (χ2n) is 6.75. The second-order valence-corrected chi connectivity index (χ2v) is 6.75. The third-order valence-corrected chi connectivity index (χ3v) is 5.14. The number of piperazine rings is 1. The van der Waals surface area contributed by atoms with Crippen LogP contribution < -0.4 is 0 Å². The highest BCUT2D eigenvalue weighted by Crippen LogP contribution is 2.25. The Balaban J connectivity index is 1.50. The van der Waals surface area contributed by atoms with Gasteiger partial charge in [-0.1, -0.05) is 12.8 Å². The molecule has 0 bridgehead atoms. The highest BCUT2D eigenvalue weighted by molar-refractivity contribution is 5.94. The van der Waals surface area contributed by atoms with Crippen molar-refractivity contribution in [2.45, 2.75) is 31.8 Å². The van der Waals surface area contributed by atoms with E-state index in [1.807, 2.05) is 4.90 Å². The van der Waals surface area contributed by atoms with Crippen LogP contribution in [0.2, 0.25) is 0 Å². The van der Waals surface area contributed by atoms with Gasteiger partial charge in [0.1, 0.15) is 5.75 Å². The van der Waals surface area contributed by atoms with Crippen LogP contribution in [-0.4, -0.2) is 64.7 Å². The minimum absolute atomic E-state index is 0.0300. The molecule has 126 valence electrons. The van der Waals surface area contributed by atoms with Crippen LogP contribution in [0.4, 0.5) is 0 Å². The van der Waals surface area contributed by atoms with E-state index in [1.54, 1.807) is 24.3 Å². The number of phenols is 1. The smallest absolute Gasteiger partial charge is 0.253 e. The molecule has 5 nitrogen and oxygen atoms in total. The number of carbonyl (C=O) groups is 1. The molecule has 1 saturated carbocycles. The van der Waals surface area contributed by atoms with Gasteiger partial charge in [-0.3, -0.25) is 9.69 Å². The summed E-state index contributed by atoms with van der Waals surface area (Å²) in [6.45, 7) is 4.13. The number of hydrogen-bond donors (Lipinski definition) is 2. The number of carbonyl (C=O) groups excluding carboxylic acids is 1. The molecule has 1 aliphatic carbocycles. The van der Waals surface area contributed by atoms with Gasteiger partial charge in [-0.15, -0.1) is 0 Å². The first kappa shape index (κ1) is 16.3. The maximum absolute atomic E-state index is 12.4. The first-order chi connectivity index (χ1) is 11.1. The van der Waals surface area contributed by atoms with E-state index < -0.39 is 0 Å². The van der Waals surface area contributed by atoms with E-state index in [2.05, 4.69) is 4.90 Å². The molecular formula is C18H26N2O3. The van der Waals surface area contributed by atoms with Crippen molar-refractivity contribution >= 4 is 5.91 Å². The number of nitrogens with zero attached hydrogens (tertiary/aromatic N) is 2. The van der Waals surface area contributed by atoms with Crippen molar-refractivity contribution in [3.8, 4) is 5.75 Å². The summed E-state index contributed by atoms with van der Waals surface area (Å²) in [5.41, 5.74) is 0.624. The Morgan fingerprint density at radius 2 is 1.70 bits per heavy atom. The second kappa shape index (κ2) is 7.32. The number of benzene rings is 1. The molecule has 0 radical (unpaired) electrons. The lowest BCUT2D eigenvalue weighted by Crippen LogP contribution is -2.50. The molecule has 2 fully saturated rings. The van der Waals surface area contributed by atoms with Crippen LogP contribution in [0.1, 0.15) is 36.0 Å². The summed E-state index contributed by atoms with van der Waals surface area (Å²) >= 11 is 0. The first-order valence-electron chi connectivity index (χ1n) is 8.62. The Morgan fingerprint density at radius 1 is 1.04 bits per heavy atom. The summed E-state index contributed by atoms with van der Waals surface area (Å²) in [5.74, 6) is 0.600. The molecule has 1 saturated heterocycles. The van der Waals surface area contributed by atoms with Crippen molar-refractivity contribution in [1.82, 2.24) is 9.80 Å². The summed E-state index contributed by atoms with van der Waals surface area (Å²) in [6, 6.07) is 6.44. The molecule has 2 aliphatic rings. The lowest BCUT2D eigenvalue weighted by Gasteiger charge is -2.38. The van der Waals surface area contributed by atoms with Crippen LogP contribution in [-0.2, 0) is 0 Å². The van der Waals surface area contributed by atoms with Crippen LogP contribution in [0, 0.1) is 5.92 Å². The molecule has 1 aliphatic heterocycles. The maximum atomic E-state index is 12.4. The van der Waals surface area contributed by atoms with Gasteiger partial charge >= 0.3 is 0 Å². The van der Waals surface area contributed by atoms with Gasteiger partial charge in [0, 0.05) is 38.3 Å². The summed E-state index contributed by atoms with van der Waals surface area (Å²) in [4.78, 5) is 16.7. The monoisotopic (exact) mass is 318 g/mol. The molecule has 1 amide bonds. The van der Waals surface area contributed by atoms with Gasteiger partial charge in [-0.05, 0) is 43.0 Å². The van der Waals surface area contributed by atoms with E-state index in [4.69, 9.17) is 0 Å². The zero-order valence-electron chi connectivity index (χ0n) is 13.5. The van der Waals surface area contributed by atoms with Gasteiger partial charge < -0.3 is 15.1 Å². The molecule has 3 rings (SSSR count). The van der Waals surface area contributed by atoms with Gasteiger partial charge in [0.2, 0.25) is 0 Å². The topological polar surface area (TPSA) is 64.0 Å². The number of amides is 1. The molecule has 23 heavy (non-hydrogen) atoms. The number of hydrogen-bond acceptors (Lipinski definition) is 4. The van der Waals surface area contributed by atoms with Crippen molar-refractivity contribution in [2.24, 2.45) is 5.92 Å². The maximum Gasteiger partial charge on any atom is 0.253 e. The zero-order chi connectivity index (χ0) is 16.2. The van der Waals surface area contributed by atoms with Crippen LogP contribution in [0.25, 0.3) is 0 Å². The molecule has 5 heteroatoms. The third-order valence-electron chi connectivity index (χ3n) is 5.14. The van der Waals surface area contributed by atoms with E-state index in [-0.39, 0.29) is 17.8 Å². The van der Waals surface area contributed by atoms with E-state index in [1.165, 1.54) is 6.42 Å². The number of phenolic OH excluding ortho intramolecular Hbond substituents is 1. The lowest BCUT2D eigenvalue weighted by atomic mass is 9.86. The van der Waals surface area contributed by atoms with E-state index in [0.29, 0.717) is 11.5 Å². The third kappa shape index (κ3) is 4.03. The summed E-state index contributed by atoms with van der Waals surface area (Å²) < 4.78 is 0. The molecular weight excluding hydrogens is 292 g/mol. The van der Waals surface area contributed by atoms with Crippen molar-refractivity contribution < 1.29 is 15.0 Å². The Bertz CT molecular complexity index is 524. The average Bonchev–Trinajstić information content (AvgIpc) is 2.58. The van der Waals surface area contributed by atoms with Crippen molar-refractivity contribution in [1.29, 1.82) is 0 Å². The molecule has 0 spiro atoms. The van der Waals surface area contributed by atoms with Crippen LogP contribution in [0.15, 0.2) is 24.3 Å². The minimum atomic E-state index is -0.152. The van der Waals surface area contributed by atoms with Gasteiger partial charge in [-0.2, -0.15) is 0 Å². The Labute approximate surface area is 137 Å². The molecule has 1 aromatic carbocycles. The SMILES string of the molecule is O=C(c1ccc(O)cc1)N1CCN(C[C@H]2CCCC[C@@H]2O)CC1. The fourth-order valence-corrected chi connectivity index (χ4v) is 3.65. The number of aromatic hydroxyl groups is 1. The number of aliphatic hydroxyl groups is 1. The van der Waals surface area contributed by atoms with Gasteiger partial charge in [0.05, 0.1) is 6.10 Å². The molecule has 0 aromatic heterocycles. The molecule has 2 N–H and O–H groups in total. The van der Waals surface area contributed by atoms with E-state index in [0.717, 1.165) is 52.0 Å². The molecule has 0 unspecified atom stereocenters. The van der Waals surface area contributed by atoms with Crippen molar-refractivity contribution in [3.05, 3.63) is 29.8 Å². The Morgan fingerprint density at radius 3 is 2.35 bits per heavy atom. The fraction of sp³-hybridized carbons (Fsp3) is 0.611. The van der Waals surface area contributed by atoms with Crippen LogP contribution >= 0.6 is 0 Å². The van der Waals surface area contributed by atoms with Gasteiger partial charge in [-0.25, -0.2) is 0 Å². The molecule has 2 atom stereocenters. The van der Waals surface area contributed by atoms with E-state index >= 15 is 0 Å². The van der Waals surface area contributed by atoms with E-state index in [9.17, 15) is 15.0 Å². The summed E-state index contributed by atoms with van der Waals surface area (Å²) in [6.07, 6.45) is 4.27. The molecule has 1 aromatic rings. The Kier molecular flexibility index (Phi) is 5.18. The quantitative estimate of drug-likeness (QED) is 0.890. The zero-order valence-corrected chi connectivity index (χ0v) is 13.5. The predicted molar refractivity (Wildman–Crippen MR) is 88.4 cm³/mol. The number of aliphatic hydroxyl groups excluding tert-OH is 1. The minimum Gasteiger partial charge on any atom is -0.508 e.